The summed E-state index contributed by atoms with van der Waals surface area (Å²) in [5.41, 5.74) is -0.215. The zero-order valence-electron chi connectivity index (χ0n) is 13.6. The Balaban J connectivity index is 1.66. The van der Waals surface area contributed by atoms with E-state index >= 15 is 0 Å². The fourth-order valence-corrected chi connectivity index (χ4v) is 2.64. The first kappa shape index (κ1) is 16.5. The molecule has 1 fully saturated rings. The molecule has 0 bridgehead atoms. The number of aromatic nitrogens is 1. The SMILES string of the molecule is C[C@@]1(c2ccccn2)NC(=O)N(CCOc2cccc(C#N)c2)C1=O. The van der Waals surface area contributed by atoms with Gasteiger partial charge in [-0.2, -0.15) is 5.26 Å². The van der Waals surface area contributed by atoms with Crippen molar-refractivity contribution in [3.05, 3.63) is 59.9 Å². The number of rotatable bonds is 5. The van der Waals surface area contributed by atoms with Crippen molar-refractivity contribution in [3.63, 3.8) is 0 Å². The summed E-state index contributed by atoms with van der Waals surface area (Å²) in [6, 6.07) is 13.4. The van der Waals surface area contributed by atoms with Crippen LogP contribution in [0.1, 0.15) is 18.2 Å². The Morgan fingerprint density at radius 2 is 2.12 bits per heavy atom. The van der Waals surface area contributed by atoms with Gasteiger partial charge in [0.1, 0.15) is 12.4 Å². The molecule has 126 valence electrons. The molecule has 0 saturated carbocycles. The zero-order chi connectivity index (χ0) is 17.9. The molecule has 2 heterocycles. The molecule has 1 atom stereocenters. The predicted octanol–water partition coefficient (Wildman–Crippen LogP) is 1.80. The molecule has 1 N–H and O–H groups in total. The van der Waals surface area contributed by atoms with Crippen molar-refractivity contribution in [2.45, 2.75) is 12.5 Å². The Kier molecular flexibility index (Phi) is 4.35. The highest BCUT2D eigenvalue weighted by Crippen LogP contribution is 2.27. The highest BCUT2D eigenvalue weighted by Gasteiger charge is 2.49. The van der Waals surface area contributed by atoms with Crippen molar-refractivity contribution < 1.29 is 14.3 Å². The Hall–Kier alpha value is -3.40. The summed E-state index contributed by atoms with van der Waals surface area (Å²) in [7, 11) is 0. The summed E-state index contributed by atoms with van der Waals surface area (Å²) in [5.74, 6) is 0.143. The van der Waals surface area contributed by atoms with Crippen LogP contribution in [0.2, 0.25) is 0 Å². The standard InChI is InChI=1S/C18H16N4O3/c1-18(15-7-2-3-8-20-15)16(23)22(17(24)21-18)9-10-25-14-6-4-5-13(11-14)12-19/h2-8,11H,9-10H2,1H3,(H,21,24)/t18-/m0/s1. The molecule has 1 aliphatic heterocycles. The van der Waals surface area contributed by atoms with E-state index in [9.17, 15) is 9.59 Å². The van der Waals surface area contributed by atoms with Gasteiger partial charge in [-0.1, -0.05) is 12.1 Å². The first-order valence-electron chi connectivity index (χ1n) is 7.73. The highest BCUT2D eigenvalue weighted by molar-refractivity contribution is 6.06. The fourth-order valence-electron chi connectivity index (χ4n) is 2.64. The average Bonchev–Trinajstić information content (AvgIpc) is 2.86. The van der Waals surface area contributed by atoms with Gasteiger partial charge in [-0.25, -0.2) is 4.79 Å². The van der Waals surface area contributed by atoms with Gasteiger partial charge in [-0.05, 0) is 37.3 Å². The van der Waals surface area contributed by atoms with Crippen molar-refractivity contribution in [2.75, 3.05) is 13.2 Å². The second-order valence-corrected chi connectivity index (χ2v) is 5.72. The summed E-state index contributed by atoms with van der Waals surface area (Å²) < 4.78 is 5.54. The van der Waals surface area contributed by atoms with Crippen LogP contribution in [0, 0.1) is 11.3 Å². The Labute approximate surface area is 144 Å². The van der Waals surface area contributed by atoms with E-state index in [1.807, 2.05) is 6.07 Å². The normalized spacial score (nSPS) is 19.4. The van der Waals surface area contributed by atoms with Crippen molar-refractivity contribution in [3.8, 4) is 11.8 Å². The number of amides is 3. The molecule has 0 unspecified atom stereocenters. The number of hydrogen-bond acceptors (Lipinski definition) is 5. The molecule has 0 radical (unpaired) electrons. The van der Waals surface area contributed by atoms with E-state index in [1.165, 1.54) is 0 Å². The summed E-state index contributed by atoms with van der Waals surface area (Å²) >= 11 is 0. The molecule has 3 rings (SSSR count). The van der Waals surface area contributed by atoms with Gasteiger partial charge in [-0.3, -0.25) is 14.7 Å². The molecule has 1 aliphatic rings. The lowest BCUT2D eigenvalue weighted by molar-refractivity contribution is -0.131. The zero-order valence-corrected chi connectivity index (χ0v) is 13.6. The lowest BCUT2D eigenvalue weighted by Gasteiger charge is -2.20. The fraction of sp³-hybridized carbons (Fsp3) is 0.222. The minimum Gasteiger partial charge on any atom is -0.492 e. The average molecular weight is 336 g/mol. The van der Waals surface area contributed by atoms with Gasteiger partial charge in [-0.15, -0.1) is 0 Å². The van der Waals surface area contributed by atoms with Crippen LogP contribution in [0.25, 0.3) is 0 Å². The van der Waals surface area contributed by atoms with Crippen LogP contribution in [0.4, 0.5) is 4.79 Å². The third kappa shape index (κ3) is 3.15. The number of nitrogens with one attached hydrogen (secondary N) is 1. The molecular weight excluding hydrogens is 320 g/mol. The maximum Gasteiger partial charge on any atom is 0.325 e. The lowest BCUT2D eigenvalue weighted by Crippen LogP contribution is -2.42. The van der Waals surface area contributed by atoms with E-state index < -0.39 is 11.6 Å². The third-order valence-electron chi connectivity index (χ3n) is 4.00. The summed E-state index contributed by atoms with van der Waals surface area (Å²) in [6.45, 7) is 1.86. The van der Waals surface area contributed by atoms with Crippen molar-refractivity contribution in [1.29, 1.82) is 5.26 Å². The third-order valence-corrected chi connectivity index (χ3v) is 4.00. The van der Waals surface area contributed by atoms with Crippen LogP contribution in [-0.2, 0) is 10.3 Å². The number of ether oxygens (including phenoxy) is 1. The molecule has 1 aromatic heterocycles. The molecule has 0 spiro atoms. The van der Waals surface area contributed by atoms with Gasteiger partial charge in [0, 0.05) is 6.20 Å². The van der Waals surface area contributed by atoms with Crippen LogP contribution >= 0.6 is 0 Å². The maximum absolute atomic E-state index is 12.7. The number of imide groups is 1. The molecule has 7 heteroatoms. The van der Waals surface area contributed by atoms with Crippen molar-refractivity contribution >= 4 is 11.9 Å². The number of urea groups is 1. The molecular formula is C18H16N4O3. The van der Waals surface area contributed by atoms with Gasteiger partial charge in [0.2, 0.25) is 0 Å². The van der Waals surface area contributed by atoms with Gasteiger partial charge in [0.05, 0.1) is 23.9 Å². The summed E-state index contributed by atoms with van der Waals surface area (Å²) in [5, 5.41) is 11.6. The quantitative estimate of drug-likeness (QED) is 0.840. The monoisotopic (exact) mass is 336 g/mol. The molecule has 1 aromatic carbocycles. The van der Waals surface area contributed by atoms with E-state index in [1.54, 1.807) is 55.6 Å². The second kappa shape index (κ2) is 6.61. The Bertz CT molecular complexity index is 847. The molecule has 1 saturated heterocycles. The molecule has 7 nitrogen and oxygen atoms in total. The molecule has 0 aliphatic carbocycles. The number of nitrogens with zero attached hydrogens (tertiary/aromatic N) is 3. The van der Waals surface area contributed by atoms with Crippen LogP contribution in [-0.4, -0.2) is 35.0 Å². The number of nitriles is 1. The van der Waals surface area contributed by atoms with Gasteiger partial charge < -0.3 is 10.1 Å². The predicted molar refractivity (Wildman–Crippen MR) is 88.5 cm³/mol. The van der Waals surface area contributed by atoms with Crippen LogP contribution in [0.15, 0.2) is 48.7 Å². The summed E-state index contributed by atoms with van der Waals surface area (Å²) in [6.07, 6.45) is 1.58. The van der Waals surface area contributed by atoms with E-state index in [0.29, 0.717) is 17.0 Å². The number of carbonyl (C=O) groups excluding carboxylic acids is 2. The van der Waals surface area contributed by atoms with Gasteiger partial charge >= 0.3 is 6.03 Å². The van der Waals surface area contributed by atoms with E-state index in [2.05, 4.69) is 10.3 Å². The van der Waals surface area contributed by atoms with Crippen molar-refractivity contribution in [2.24, 2.45) is 0 Å². The first-order chi connectivity index (χ1) is 12.0. The molecule has 25 heavy (non-hydrogen) atoms. The molecule has 3 amide bonds. The Morgan fingerprint density at radius 1 is 1.28 bits per heavy atom. The van der Waals surface area contributed by atoms with Crippen molar-refractivity contribution in [1.82, 2.24) is 15.2 Å². The number of hydrogen-bond donors (Lipinski definition) is 1. The smallest absolute Gasteiger partial charge is 0.325 e. The first-order valence-corrected chi connectivity index (χ1v) is 7.73. The Morgan fingerprint density at radius 3 is 2.84 bits per heavy atom. The second-order valence-electron chi connectivity index (χ2n) is 5.72. The van der Waals surface area contributed by atoms with Crippen LogP contribution < -0.4 is 10.1 Å². The maximum atomic E-state index is 12.7. The number of pyridine rings is 1. The van der Waals surface area contributed by atoms with Gasteiger partial charge in [0.25, 0.3) is 5.91 Å². The largest absolute Gasteiger partial charge is 0.492 e. The van der Waals surface area contributed by atoms with E-state index in [0.717, 1.165) is 4.90 Å². The van der Waals surface area contributed by atoms with Gasteiger partial charge in [0.15, 0.2) is 5.54 Å². The van der Waals surface area contributed by atoms with Crippen LogP contribution in [0.5, 0.6) is 5.75 Å². The lowest BCUT2D eigenvalue weighted by atomic mass is 9.97. The minimum atomic E-state index is -1.18. The highest BCUT2D eigenvalue weighted by atomic mass is 16.5. The number of benzene rings is 1. The van der Waals surface area contributed by atoms with E-state index in [4.69, 9.17) is 10.00 Å². The topological polar surface area (TPSA) is 95.3 Å². The number of carbonyl (C=O) groups is 2. The van der Waals surface area contributed by atoms with Crippen LogP contribution in [0.3, 0.4) is 0 Å². The summed E-state index contributed by atoms with van der Waals surface area (Å²) in [4.78, 5) is 30.2. The van der Waals surface area contributed by atoms with E-state index in [-0.39, 0.29) is 19.1 Å². The molecule has 2 aromatic rings. The minimum absolute atomic E-state index is 0.101.